The van der Waals surface area contributed by atoms with Gasteiger partial charge in [0.25, 0.3) is 0 Å². The van der Waals surface area contributed by atoms with Crippen molar-refractivity contribution in [3.05, 3.63) is 18.7 Å². The molecule has 1 aliphatic rings. The fourth-order valence-corrected chi connectivity index (χ4v) is 2.44. The molecule has 4 heteroatoms. The van der Waals surface area contributed by atoms with Crippen LogP contribution in [0.25, 0.3) is 0 Å². The first kappa shape index (κ1) is 14.5. The Balaban J connectivity index is 2.00. The summed E-state index contributed by atoms with van der Waals surface area (Å²) in [6, 6.07) is 0.903. The monoisotopic (exact) mass is 265 g/mol. The van der Waals surface area contributed by atoms with Gasteiger partial charge in [0.15, 0.2) is 0 Å². The molecule has 2 rings (SSSR count). The number of nitrogens with one attached hydrogen (secondary N) is 1. The van der Waals surface area contributed by atoms with Gasteiger partial charge in [-0.3, -0.25) is 0 Å². The molecule has 0 amide bonds. The molecule has 1 fully saturated rings. The lowest BCUT2D eigenvalue weighted by Crippen LogP contribution is -2.50. The lowest BCUT2D eigenvalue weighted by Gasteiger charge is -2.35. The average Bonchev–Trinajstić information content (AvgIpc) is 3.05. The Morgan fingerprint density at radius 3 is 2.63 bits per heavy atom. The van der Waals surface area contributed by atoms with E-state index in [1.54, 1.807) is 7.11 Å². The van der Waals surface area contributed by atoms with Crippen LogP contribution in [0.15, 0.2) is 18.7 Å². The summed E-state index contributed by atoms with van der Waals surface area (Å²) in [5, 5.41) is 3.82. The average molecular weight is 265 g/mol. The van der Waals surface area contributed by atoms with E-state index < -0.39 is 0 Å². The largest absolute Gasteiger partial charge is 0.383 e. The first-order chi connectivity index (χ1) is 9.00. The van der Waals surface area contributed by atoms with Crippen molar-refractivity contribution in [1.82, 2.24) is 14.9 Å². The van der Waals surface area contributed by atoms with Gasteiger partial charge in [0.1, 0.15) is 0 Å². The Kier molecular flexibility index (Phi) is 4.63. The van der Waals surface area contributed by atoms with Gasteiger partial charge in [-0.05, 0) is 24.2 Å². The lowest BCUT2D eigenvalue weighted by molar-refractivity contribution is 0.128. The van der Waals surface area contributed by atoms with Crippen LogP contribution in [-0.4, -0.2) is 35.4 Å². The molecule has 1 saturated carbocycles. The second-order valence-corrected chi connectivity index (χ2v) is 6.74. The van der Waals surface area contributed by atoms with Crippen LogP contribution in [0.1, 0.15) is 33.6 Å². The molecule has 1 heterocycles. The van der Waals surface area contributed by atoms with Gasteiger partial charge >= 0.3 is 0 Å². The lowest BCUT2D eigenvalue weighted by atomic mass is 9.86. The van der Waals surface area contributed by atoms with E-state index in [0.717, 1.165) is 19.1 Å². The normalized spacial score (nSPS) is 19.4. The molecule has 1 aromatic heterocycles. The van der Waals surface area contributed by atoms with E-state index in [2.05, 4.69) is 35.6 Å². The highest BCUT2D eigenvalue weighted by molar-refractivity contribution is 4.92. The molecule has 0 aliphatic heterocycles. The van der Waals surface area contributed by atoms with Gasteiger partial charge in [-0.25, -0.2) is 4.98 Å². The summed E-state index contributed by atoms with van der Waals surface area (Å²) >= 11 is 0. The third-order valence-electron chi connectivity index (χ3n) is 3.95. The van der Waals surface area contributed by atoms with Crippen LogP contribution in [0.2, 0.25) is 0 Å². The maximum absolute atomic E-state index is 5.37. The van der Waals surface area contributed by atoms with E-state index >= 15 is 0 Å². The smallest absolute Gasteiger partial charge is 0.0946 e. The zero-order valence-electron chi connectivity index (χ0n) is 12.6. The molecule has 19 heavy (non-hydrogen) atoms. The van der Waals surface area contributed by atoms with Gasteiger partial charge in [-0.15, -0.1) is 0 Å². The van der Waals surface area contributed by atoms with Gasteiger partial charge in [0.05, 0.1) is 12.9 Å². The highest BCUT2D eigenvalue weighted by Gasteiger charge is 2.35. The van der Waals surface area contributed by atoms with Crippen molar-refractivity contribution in [1.29, 1.82) is 0 Å². The van der Waals surface area contributed by atoms with Crippen LogP contribution in [0.5, 0.6) is 0 Å². The molecular formula is C15H27N3O. The summed E-state index contributed by atoms with van der Waals surface area (Å²) in [5.74, 6) is 0.799. The van der Waals surface area contributed by atoms with Crippen LogP contribution < -0.4 is 5.32 Å². The number of methoxy groups -OCH3 is 1. The number of aromatic nitrogens is 2. The van der Waals surface area contributed by atoms with E-state index in [1.807, 2.05) is 18.7 Å². The van der Waals surface area contributed by atoms with Gasteiger partial charge in [0, 0.05) is 38.1 Å². The second kappa shape index (κ2) is 6.06. The summed E-state index contributed by atoms with van der Waals surface area (Å²) in [4.78, 5) is 4.13. The summed E-state index contributed by atoms with van der Waals surface area (Å²) in [7, 11) is 1.79. The zero-order chi connectivity index (χ0) is 13.9. The van der Waals surface area contributed by atoms with Gasteiger partial charge < -0.3 is 14.6 Å². The molecule has 0 radical (unpaired) electrons. The van der Waals surface area contributed by atoms with Crippen LogP contribution in [0, 0.1) is 11.3 Å². The summed E-state index contributed by atoms with van der Waals surface area (Å²) in [5.41, 5.74) is 0.213. The topological polar surface area (TPSA) is 39.1 Å². The van der Waals surface area contributed by atoms with Crippen LogP contribution in [0.3, 0.4) is 0 Å². The predicted molar refractivity (Wildman–Crippen MR) is 77.0 cm³/mol. The third kappa shape index (κ3) is 4.32. The number of rotatable bonds is 7. The maximum atomic E-state index is 5.37. The van der Waals surface area contributed by atoms with Gasteiger partial charge in [0.2, 0.25) is 0 Å². The maximum Gasteiger partial charge on any atom is 0.0946 e. The molecule has 1 N–H and O–H groups in total. The van der Waals surface area contributed by atoms with E-state index in [-0.39, 0.29) is 5.41 Å². The number of ether oxygens (including phenoxy) is 1. The predicted octanol–water partition coefficient (Wildman–Crippen LogP) is 2.31. The summed E-state index contributed by atoms with van der Waals surface area (Å²) in [6.07, 6.45) is 8.44. The van der Waals surface area contributed by atoms with E-state index in [0.29, 0.717) is 12.1 Å². The minimum Gasteiger partial charge on any atom is -0.383 e. The molecule has 2 atom stereocenters. The van der Waals surface area contributed by atoms with E-state index in [9.17, 15) is 0 Å². The van der Waals surface area contributed by atoms with E-state index in [1.165, 1.54) is 12.8 Å². The quantitative estimate of drug-likeness (QED) is 0.822. The zero-order valence-corrected chi connectivity index (χ0v) is 12.6. The SMILES string of the molecule is COCC(NC(Cn1ccnc1)C(C)(C)C)C1CC1. The van der Waals surface area contributed by atoms with E-state index in [4.69, 9.17) is 4.74 Å². The number of nitrogens with zero attached hydrogens (tertiary/aromatic N) is 2. The molecule has 1 aliphatic carbocycles. The van der Waals surface area contributed by atoms with Crippen LogP contribution >= 0.6 is 0 Å². The molecule has 1 aromatic rings. The van der Waals surface area contributed by atoms with Crippen molar-refractivity contribution in [2.45, 2.75) is 52.2 Å². The van der Waals surface area contributed by atoms with Crippen molar-refractivity contribution < 1.29 is 4.74 Å². The highest BCUT2D eigenvalue weighted by Crippen LogP contribution is 2.34. The highest BCUT2D eigenvalue weighted by atomic mass is 16.5. The van der Waals surface area contributed by atoms with Crippen molar-refractivity contribution in [2.75, 3.05) is 13.7 Å². The van der Waals surface area contributed by atoms with Crippen molar-refractivity contribution in [3.63, 3.8) is 0 Å². The standard InChI is InChI=1S/C15H27N3O/c1-15(2,3)14(9-18-8-7-16-11-18)17-13(10-19-4)12-5-6-12/h7-8,11-14,17H,5-6,9-10H2,1-4H3. The summed E-state index contributed by atoms with van der Waals surface area (Å²) in [6.45, 7) is 8.63. The molecule has 0 aromatic carbocycles. The van der Waals surface area contributed by atoms with Crippen LogP contribution in [0.4, 0.5) is 0 Å². The fraction of sp³-hybridized carbons (Fsp3) is 0.800. The van der Waals surface area contributed by atoms with Crippen LogP contribution in [-0.2, 0) is 11.3 Å². The molecule has 4 nitrogen and oxygen atoms in total. The first-order valence-electron chi connectivity index (χ1n) is 7.21. The molecule has 0 spiro atoms. The van der Waals surface area contributed by atoms with Crippen molar-refractivity contribution >= 4 is 0 Å². The van der Waals surface area contributed by atoms with Crippen molar-refractivity contribution in [2.24, 2.45) is 11.3 Å². The molecule has 0 saturated heterocycles. The molecule has 2 unspecified atom stereocenters. The van der Waals surface area contributed by atoms with Crippen molar-refractivity contribution in [3.8, 4) is 0 Å². The number of imidazole rings is 1. The minimum atomic E-state index is 0.213. The Labute approximate surface area is 116 Å². The first-order valence-corrected chi connectivity index (χ1v) is 7.21. The Morgan fingerprint density at radius 1 is 1.42 bits per heavy atom. The van der Waals surface area contributed by atoms with Gasteiger partial charge in [-0.1, -0.05) is 20.8 Å². The minimum absolute atomic E-state index is 0.213. The Hall–Kier alpha value is -0.870. The fourth-order valence-electron chi connectivity index (χ4n) is 2.44. The number of hydrogen-bond donors (Lipinski definition) is 1. The third-order valence-corrected chi connectivity index (χ3v) is 3.95. The number of hydrogen-bond acceptors (Lipinski definition) is 3. The molecule has 108 valence electrons. The summed E-state index contributed by atoms with van der Waals surface area (Å²) < 4.78 is 7.52. The molecular weight excluding hydrogens is 238 g/mol. The second-order valence-electron chi connectivity index (χ2n) is 6.74. The Bertz CT molecular complexity index is 365. The van der Waals surface area contributed by atoms with Gasteiger partial charge in [-0.2, -0.15) is 0 Å². The molecule has 0 bridgehead atoms. The Morgan fingerprint density at radius 2 is 2.16 bits per heavy atom.